The van der Waals surface area contributed by atoms with Crippen molar-refractivity contribution in [2.24, 2.45) is 0 Å². The molecule has 0 radical (unpaired) electrons. The molecule has 33 heavy (non-hydrogen) atoms. The van der Waals surface area contributed by atoms with E-state index in [9.17, 15) is 0 Å². The number of aryl methyl sites for hydroxylation is 3. The summed E-state index contributed by atoms with van der Waals surface area (Å²) in [7, 11) is 0. The largest absolute Gasteiger partial charge is 0.0985 e. The highest BCUT2D eigenvalue weighted by Crippen LogP contribution is 2.26. The normalized spacial score (nSPS) is 9.33. The lowest BCUT2D eigenvalue weighted by Gasteiger charge is -2.19. The standard InChI is InChI=1S/C18H20.C9H12.3C2H6/c1-5-14-6-8-15(9-7-14)16-10-12-17(13-11-16)18(2,3)4;1-7-4-8(2)6-9(3)5-7;3*1-2/h5-13H,1H2,2-4H3;4-6H,1-3H3;3*1-2H3. The van der Waals surface area contributed by atoms with Crippen molar-refractivity contribution in [1.29, 1.82) is 0 Å². The smallest absolute Gasteiger partial charge is 0.0132 e. The second-order valence-electron chi connectivity index (χ2n) is 8.32. The van der Waals surface area contributed by atoms with Crippen LogP contribution in [-0.4, -0.2) is 0 Å². The minimum Gasteiger partial charge on any atom is -0.0985 e. The van der Waals surface area contributed by atoms with Crippen LogP contribution >= 0.6 is 0 Å². The number of hydrogen-bond donors (Lipinski definition) is 0. The first-order valence-electron chi connectivity index (χ1n) is 12.6. The van der Waals surface area contributed by atoms with E-state index in [0.717, 1.165) is 5.56 Å². The Labute approximate surface area is 206 Å². The first-order chi connectivity index (χ1) is 15.7. The summed E-state index contributed by atoms with van der Waals surface area (Å²) in [4.78, 5) is 0. The lowest BCUT2D eigenvalue weighted by atomic mass is 9.86. The number of benzene rings is 3. The van der Waals surface area contributed by atoms with Gasteiger partial charge in [-0.25, -0.2) is 0 Å². The molecule has 0 nitrogen and oxygen atoms in total. The molecule has 0 heteroatoms. The molecular weight excluding hydrogens is 396 g/mol. The van der Waals surface area contributed by atoms with E-state index < -0.39 is 0 Å². The molecule has 0 saturated heterocycles. The molecule has 0 fully saturated rings. The van der Waals surface area contributed by atoms with Crippen molar-refractivity contribution in [3.8, 4) is 11.1 Å². The zero-order chi connectivity index (χ0) is 26.0. The molecule has 3 aromatic rings. The molecule has 0 aromatic heterocycles. The van der Waals surface area contributed by atoms with Crippen LogP contribution in [0.3, 0.4) is 0 Å². The summed E-state index contributed by atoms with van der Waals surface area (Å²) in [5.74, 6) is 0. The highest BCUT2D eigenvalue weighted by Gasteiger charge is 2.12. The van der Waals surface area contributed by atoms with E-state index in [2.05, 4.69) is 115 Å². The second-order valence-corrected chi connectivity index (χ2v) is 8.32. The van der Waals surface area contributed by atoms with Crippen LogP contribution in [0.1, 0.15) is 90.1 Å². The number of rotatable bonds is 2. The van der Waals surface area contributed by atoms with Crippen LogP contribution < -0.4 is 0 Å². The van der Waals surface area contributed by atoms with Crippen LogP contribution in [0.4, 0.5) is 0 Å². The van der Waals surface area contributed by atoms with Crippen molar-refractivity contribution < 1.29 is 0 Å². The molecule has 0 unspecified atom stereocenters. The molecule has 0 atom stereocenters. The Bertz CT molecular complexity index is 822. The Kier molecular flexibility index (Phi) is 17.7. The molecule has 0 spiro atoms. The highest BCUT2D eigenvalue weighted by molar-refractivity contribution is 5.65. The highest BCUT2D eigenvalue weighted by atomic mass is 14.2. The molecule has 182 valence electrons. The Hall–Kier alpha value is -2.60. The predicted molar refractivity (Wildman–Crippen MR) is 155 cm³/mol. The first-order valence-corrected chi connectivity index (χ1v) is 12.6. The van der Waals surface area contributed by atoms with Gasteiger partial charge in [0.05, 0.1) is 0 Å². The minimum atomic E-state index is 0.214. The maximum atomic E-state index is 3.77. The van der Waals surface area contributed by atoms with Crippen molar-refractivity contribution in [3.63, 3.8) is 0 Å². The molecule has 0 heterocycles. The van der Waals surface area contributed by atoms with Crippen molar-refractivity contribution >= 4 is 6.08 Å². The van der Waals surface area contributed by atoms with Gasteiger partial charge in [0, 0.05) is 0 Å². The molecular formula is C33H50. The Morgan fingerprint density at radius 1 is 0.545 bits per heavy atom. The zero-order valence-electron chi connectivity index (χ0n) is 23.6. The molecule has 0 saturated carbocycles. The van der Waals surface area contributed by atoms with Gasteiger partial charge in [-0.1, -0.05) is 158 Å². The maximum absolute atomic E-state index is 3.77. The van der Waals surface area contributed by atoms with Gasteiger partial charge >= 0.3 is 0 Å². The summed E-state index contributed by atoms with van der Waals surface area (Å²) in [5.41, 5.74) is 9.32. The van der Waals surface area contributed by atoms with Gasteiger partial charge in [-0.3, -0.25) is 0 Å². The van der Waals surface area contributed by atoms with Crippen molar-refractivity contribution in [3.05, 3.63) is 101 Å². The quantitative estimate of drug-likeness (QED) is 0.367. The molecule has 3 rings (SSSR count). The predicted octanol–water partition coefficient (Wildman–Crippen LogP) is 11.0. The Morgan fingerprint density at radius 3 is 1.12 bits per heavy atom. The molecule has 0 amide bonds. The Balaban J connectivity index is 0. The van der Waals surface area contributed by atoms with Crippen LogP contribution in [0.25, 0.3) is 17.2 Å². The zero-order valence-corrected chi connectivity index (χ0v) is 23.6. The second kappa shape index (κ2) is 17.9. The third-order valence-electron chi connectivity index (χ3n) is 4.60. The van der Waals surface area contributed by atoms with E-state index in [0.29, 0.717) is 0 Å². The van der Waals surface area contributed by atoms with E-state index in [-0.39, 0.29) is 5.41 Å². The fourth-order valence-corrected chi connectivity index (χ4v) is 3.18. The minimum absolute atomic E-state index is 0.214. The van der Waals surface area contributed by atoms with Crippen molar-refractivity contribution in [2.75, 3.05) is 0 Å². The van der Waals surface area contributed by atoms with Gasteiger partial charge in [-0.05, 0) is 48.4 Å². The van der Waals surface area contributed by atoms with E-state index >= 15 is 0 Å². The van der Waals surface area contributed by atoms with Gasteiger partial charge in [0.1, 0.15) is 0 Å². The van der Waals surface area contributed by atoms with Crippen LogP contribution in [-0.2, 0) is 5.41 Å². The van der Waals surface area contributed by atoms with Crippen LogP contribution in [0.5, 0.6) is 0 Å². The average Bonchev–Trinajstić information content (AvgIpc) is 2.82. The maximum Gasteiger partial charge on any atom is -0.0132 e. The van der Waals surface area contributed by atoms with Crippen LogP contribution in [0.2, 0.25) is 0 Å². The fourth-order valence-electron chi connectivity index (χ4n) is 3.18. The summed E-state index contributed by atoms with van der Waals surface area (Å²) in [6.07, 6.45) is 1.87. The summed E-state index contributed by atoms with van der Waals surface area (Å²) >= 11 is 0. The van der Waals surface area contributed by atoms with Crippen LogP contribution in [0.15, 0.2) is 73.3 Å². The summed E-state index contributed by atoms with van der Waals surface area (Å²) < 4.78 is 0. The monoisotopic (exact) mass is 446 g/mol. The lowest BCUT2D eigenvalue weighted by molar-refractivity contribution is 0.590. The third kappa shape index (κ3) is 12.9. The molecule has 0 aliphatic carbocycles. The SMILES string of the molecule is C=Cc1ccc(-c2ccc(C(C)(C)C)cc2)cc1.CC.CC.CC.Cc1cc(C)cc(C)c1. The van der Waals surface area contributed by atoms with Gasteiger partial charge in [-0.15, -0.1) is 0 Å². The van der Waals surface area contributed by atoms with Gasteiger partial charge in [0.2, 0.25) is 0 Å². The summed E-state index contributed by atoms with van der Waals surface area (Å²) in [6, 6.07) is 23.9. The molecule has 3 aromatic carbocycles. The van der Waals surface area contributed by atoms with Gasteiger partial charge in [0.15, 0.2) is 0 Å². The Morgan fingerprint density at radius 2 is 0.848 bits per heavy atom. The van der Waals surface area contributed by atoms with Gasteiger partial charge < -0.3 is 0 Å². The molecule has 0 bridgehead atoms. The van der Waals surface area contributed by atoms with E-state index in [1.807, 2.05) is 47.6 Å². The summed E-state index contributed by atoms with van der Waals surface area (Å²) in [6.45, 7) is 28.9. The number of hydrogen-bond acceptors (Lipinski definition) is 0. The van der Waals surface area contributed by atoms with E-state index in [4.69, 9.17) is 0 Å². The third-order valence-corrected chi connectivity index (χ3v) is 4.60. The van der Waals surface area contributed by atoms with Gasteiger partial charge in [-0.2, -0.15) is 0 Å². The van der Waals surface area contributed by atoms with Crippen molar-refractivity contribution in [1.82, 2.24) is 0 Å². The first kappa shape index (κ1) is 32.6. The summed E-state index contributed by atoms with van der Waals surface area (Å²) in [5, 5.41) is 0. The molecule has 0 aliphatic rings. The van der Waals surface area contributed by atoms with E-state index in [1.54, 1.807) is 0 Å². The van der Waals surface area contributed by atoms with Crippen molar-refractivity contribution in [2.45, 2.75) is 88.5 Å². The fraction of sp³-hybridized carbons (Fsp3) is 0.394. The van der Waals surface area contributed by atoms with Gasteiger partial charge in [0.25, 0.3) is 0 Å². The topological polar surface area (TPSA) is 0 Å². The molecule has 0 aliphatic heterocycles. The lowest BCUT2D eigenvalue weighted by Crippen LogP contribution is -2.10. The van der Waals surface area contributed by atoms with Crippen LogP contribution in [0, 0.1) is 20.8 Å². The molecule has 0 N–H and O–H groups in total. The van der Waals surface area contributed by atoms with E-state index in [1.165, 1.54) is 33.4 Å². The average molecular weight is 447 g/mol.